The molecule has 1 heterocycles. The van der Waals surface area contributed by atoms with Crippen molar-refractivity contribution in [3.63, 3.8) is 0 Å². The smallest absolute Gasteiger partial charge is 0.243 e. The highest BCUT2D eigenvalue weighted by Gasteiger charge is 1.95. The standard InChI is InChI=1S/C6H11N2O.C3H6O3/c1-7-2-3-8(6-7)4-5-9;1-2(4)3(5)6/h2-3,6,9H,4-5H2,1H3;2,4H,1H3,(H,5,6)/q+1;/p-1. The van der Waals surface area contributed by atoms with Gasteiger partial charge in [0.05, 0.1) is 25.7 Å². The highest BCUT2D eigenvalue weighted by Crippen LogP contribution is 1.80. The summed E-state index contributed by atoms with van der Waals surface area (Å²) in [5.41, 5.74) is 0. The maximum atomic E-state index is 9.34. The molecule has 0 amide bonds. The first-order valence-corrected chi connectivity index (χ1v) is 4.48. The molecule has 0 aliphatic carbocycles. The van der Waals surface area contributed by atoms with Crippen LogP contribution in [0.5, 0.6) is 0 Å². The van der Waals surface area contributed by atoms with Gasteiger partial charge < -0.3 is 20.1 Å². The second-order valence-corrected chi connectivity index (χ2v) is 3.04. The van der Waals surface area contributed by atoms with Crippen molar-refractivity contribution in [1.82, 2.24) is 4.57 Å². The van der Waals surface area contributed by atoms with E-state index in [4.69, 9.17) is 10.2 Å². The zero-order valence-corrected chi connectivity index (χ0v) is 8.83. The zero-order chi connectivity index (χ0) is 11.8. The lowest BCUT2D eigenvalue weighted by molar-refractivity contribution is -0.671. The van der Waals surface area contributed by atoms with Crippen LogP contribution in [0, 0.1) is 0 Å². The van der Waals surface area contributed by atoms with Gasteiger partial charge in [0.15, 0.2) is 0 Å². The molecule has 1 rings (SSSR count). The van der Waals surface area contributed by atoms with Gasteiger partial charge in [0.2, 0.25) is 6.33 Å². The number of nitrogens with zero attached hydrogens (tertiary/aromatic N) is 2. The largest absolute Gasteiger partial charge is 0.547 e. The van der Waals surface area contributed by atoms with Crippen molar-refractivity contribution >= 4 is 5.97 Å². The summed E-state index contributed by atoms with van der Waals surface area (Å²) in [4.78, 5) is 9.34. The molecule has 0 saturated carbocycles. The molecule has 2 N–H and O–H groups in total. The third kappa shape index (κ3) is 6.64. The number of carbonyl (C=O) groups is 1. The van der Waals surface area contributed by atoms with Crippen LogP contribution in [0.25, 0.3) is 0 Å². The Bertz CT molecular complexity index is 296. The second kappa shape index (κ2) is 6.97. The molecule has 6 nitrogen and oxygen atoms in total. The van der Waals surface area contributed by atoms with Crippen LogP contribution in [0.1, 0.15) is 6.92 Å². The number of aliphatic carboxylic acids is 1. The lowest BCUT2D eigenvalue weighted by Gasteiger charge is -2.00. The molecule has 1 aromatic heterocycles. The molecule has 0 spiro atoms. The molecule has 0 aliphatic rings. The Morgan fingerprint density at radius 3 is 2.47 bits per heavy atom. The van der Waals surface area contributed by atoms with Gasteiger partial charge in [-0.25, -0.2) is 9.13 Å². The van der Waals surface area contributed by atoms with Crippen LogP contribution >= 0.6 is 0 Å². The third-order valence-corrected chi connectivity index (χ3v) is 1.52. The summed E-state index contributed by atoms with van der Waals surface area (Å²) in [7, 11) is 1.95. The van der Waals surface area contributed by atoms with E-state index in [0.717, 1.165) is 6.92 Å². The first-order valence-electron chi connectivity index (χ1n) is 4.48. The lowest BCUT2D eigenvalue weighted by atomic mass is 10.4. The van der Waals surface area contributed by atoms with Crippen LogP contribution in [0.15, 0.2) is 18.7 Å². The van der Waals surface area contributed by atoms with E-state index in [9.17, 15) is 9.90 Å². The number of hydrogen-bond donors (Lipinski definition) is 2. The number of aromatic nitrogens is 2. The molecular weight excluding hydrogens is 200 g/mol. The molecule has 1 unspecified atom stereocenters. The van der Waals surface area contributed by atoms with Crippen molar-refractivity contribution in [1.29, 1.82) is 0 Å². The van der Waals surface area contributed by atoms with Gasteiger partial charge in [-0.15, -0.1) is 0 Å². The number of carbonyl (C=O) groups excluding carboxylic acids is 1. The highest BCUT2D eigenvalue weighted by atomic mass is 16.4. The molecule has 6 heteroatoms. The van der Waals surface area contributed by atoms with Crippen LogP contribution in [-0.2, 0) is 18.4 Å². The molecule has 1 atom stereocenters. The van der Waals surface area contributed by atoms with E-state index < -0.39 is 12.1 Å². The van der Waals surface area contributed by atoms with Crippen LogP contribution in [-0.4, -0.2) is 33.5 Å². The molecule has 86 valence electrons. The number of rotatable bonds is 3. The summed E-state index contributed by atoms with van der Waals surface area (Å²) in [5.74, 6) is -1.44. The molecule has 15 heavy (non-hydrogen) atoms. The summed E-state index contributed by atoms with van der Waals surface area (Å²) in [5, 5.41) is 25.8. The number of aryl methyl sites for hydroxylation is 1. The summed E-state index contributed by atoms with van der Waals surface area (Å²) < 4.78 is 3.87. The zero-order valence-electron chi connectivity index (χ0n) is 8.83. The SMILES string of the molecule is CC(O)C(=O)[O-].C[n+]1ccn(CCO)c1. The Labute approximate surface area is 88.0 Å². The minimum atomic E-state index is -1.44. The number of hydrogen-bond acceptors (Lipinski definition) is 4. The summed E-state index contributed by atoms with van der Waals surface area (Å²) >= 11 is 0. The van der Waals surface area contributed by atoms with Gasteiger partial charge in [0.1, 0.15) is 18.9 Å². The molecule has 0 bridgehead atoms. The summed E-state index contributed by atoms with van der Waals surface area (Å²) in [6.45, 7) is 2.02. The topological polar surface area (TPSA) is 89.4 Å². The van der Waals surface area contributed by atoms with Gasteiger partial charge >= 0.3 is 0 Å². The van der Waals surface area contributed by atoms with E-state index in [1.165, 1.54) is 0 Å². The van der Waals surface area contributed by atoms with Gasteiger partial charge in [0.25, 0.3) is 0 Å². The van der Waals surface area contributed by atoms with Crippen LogP contribution in [0.2, 0.25) is 0 Å². The normalized spacial score (nSPS) is 11.5. The Morgan fingerprint density at radius 2 is 2.20 bits per heavy atom. The van der Waals surface area contributed by atoms with E-state index in [2.05, 4.69) is 0 Å². The number of carboxylic acids is 1. The fourth-order valence-electron chi connectivity index (χ4n) is 0.749. The molecular formula is C9H16N2O4. The average Bonchev–Trinajstić information content (AvgIpc) is 2.53. The maximum absolute atomic E-state index is 9.34. The monoisotopic (exact) mass is 216 g/mol. The maximum Gasteiger partial charge on any atom is 0.243 e. The quantitative estimate of drug-likeness (QED) is 0.543. The third-order valence-electron chi connectivity index (χ3n) is 1.52. The number of aliphatic hydroxyl groups is 2. The Hall–Kier alpha value is -1.40. The molecule has 0 radical (unpaired) electrons. The van der Waals surface area contributed by atoms with E-state index in [1.54, 1.807) is 0 Å². The van der Waals surface area contributed by atoms with Gasteiger partial charge in [-0.3, -0.25) is 0 Å². The Morgan fingerprint density at radius 1 is 1.67 bits per heavy atom. The van der Waals surface area contributed by atoms with E-state index in [-0.39, 0.29) is 6.61 Å². The highest BCUT2D eigenvalue weighted by molar-refractivity contribution is 5.68. The first-order chi connectivity index (χ1) is 6.97. The van der Waals surface area contributed by atoms with Crippen molar-refractivity contribution in [3.8, 4) is 0 Å². The number of imidazole rings is 1. The molecule has 1 aromatic rings. The Balaban J connectivity index is 0.000000288. The minimum absolute atomic E-state index is 0.203. The first kappa shape index (κ1) is 13.6. The van der Waals surface area contributed by atoms with Gasteiger partial charge in [-0.2, -0.15) is 0 Å². The van der Waals surface area contributed by atoms with E-state index in [1.807, 2.05) is 34.9 Å². The van der Waals surface area contributed by atoms with Crippen molar-refractivity contribution < 1.29 is 24.7 Å². The van der Waals surface area contributed by atoms with Crippen LogP contribution < -0.4 is 9.67 Å². The van der Waals surface area contributed by atoms with Crippen LogP contribution in [0.3, 0.4) is 0 Å². The van der Waals surface area contributed by atoms with Crippen molar-refractivity contribution in [2.24, 2.45) is 7.05 Å². The van der Waals surface area contributed by atoms with Crippen molar-refractivity contribution in [2.45, 2.75) is 19.6 Å². The number of aliphatic hydroxyl groups excluding tert-OH is 2. The lowest BCUT2D eigenvalue weighted by Crippen LogP contribution is -2.32. The molecule has 0 aromatic carbocycles. The fourth-order valence-corrected chi connectivity index (χ4v) is 0.749. The van der Waals surface area contributed by atoms with Gasteiger partial charge in [-0.1, -0.05) is 0 Å². The van der Waals surface area contributed by atoms with Gasteiger partial charge in [0, 0.05) is 0 Å². The van der Waals surface area contributed by atoms with Gasteiger partial charge in [-0.05, 0) is 6.92 Å². The predicted molar refractivity (Wildman–Crippen MR) is 49.4 cm³/mol. The van der Waals surface area contributed by atoms with E-state index >= 15 is 0 Å². The van der Waals surface area contributed by atoms with Crippen molar-refractivity contribution in [3.05, 3.63) is 18.7 Å². The molecule has 0 aliphatic heterocycles. The summed E-state index contributed by atoms with van der Waals surface area (Å²) in [6.07, 6.45) is 4.45. The minimum Gasteiger partial charge on any atom is -0.547 e. The molecule has 0 fully saturated rings. The van der Waals surface area contributed by atoms with E-state index in [0.29, 0.717) is 6.54 Å². The average molecular weight is 216 g/mol. The summed E-state index contributed by atoms with van der Waals surface area (Å²) in [6, 6.07) is 0. The second-order valence-electron chi connectivity index (χ2n) is 3.04. The van der Waals surface area contributed by atoms with Crippen LogP contribution in [0.4, 0.5) is 0 Å². The fraction of sp³-hybridized carbons (Fsp3) is 0.556. The Kier molecular flexibility index (Phi) is 6.32. The molecule has 0 saturated heterocycles. The van der Waals surface area contributed by atoms with Crippen molar-refractivity contribution in [2.75, 3.05) is 6.61 Å². The number of carboxylic acid groups (broad SMARTS) is 1. The predicted octanol–water partition coefficient (Wildman–Crippen LogP) is -2.58.